The van der Waals surface area contributed by atoms with Gasteiger partial charge in [0, 0.05) is 11.9 Å². The zero-order valence-electron chi connectivity index (χ0n) is 11.5. The Balaban J connectivity index is 1.83. The molecule has 0 heterocycles. The molecule has 2 aromatic carbocycles. The molecular weight excluding hydrogens is 314 g/mol. The molecule has 20 heavy (non-hydrogen) atoms. The second-order valence-electron chi connectivity index (χ2n) is 4.89. The van der Waals surface area contributed by atoms with E-state index in [-0.39, 0.29) is 5.91 Å². The molecule has 0 aliphatic rings. The van der Waals surface area contributed by atoms with Crippen LogP contribution in [0.1, 0.15) is 22.3 Å². The zero-order valence-corrected chi connectivity index (χ0v) is 13.1. The van der Waals surface area contributed by atoms with Gasteiger partial charge in [0.1, 0.15) is 0 Å². The number of amides is 1. The van der Waals surface area contributed by atoms with E-state index in [9.17, 15) is 4.79 Å². The summed E-state index contributed by atoms with van der Waals surface area (Å²) in [6, 6.07) is 16.3. The molecule has 0 fully saturated rings. The van der Waals surface area contributed by atoms with Gasteiger partial charge in [-0.25, -0.2) is 0 Å². The molecule has 0 radical (unpaired) electrons. The van der Waals surface area contributed by atoms with Crippen molar-refractivity contribution in [1.29, 1.82) is 0 Å². The van der Waals surface area contributed by atoms with E-state index in [2.05, 4.69) is 33.4 Å². The van der Waals surface area contributed by atoms with Crippen LogP contribution in [0.25, 0.3) is 0 Å². The molecule has 0 atom stereocenters. The third-order valence-electron chi connectivity index (χ3n) is 3.15. The SMILES string of the molecule is Cc1ccc(CC(=O)NCc2ccc(CBr)cc2)cc1. The van der Waals surface area contributed by atoms with Crippen molar-refractivity contribution in [3.63, 3.8) is 0 Å². The molecule has 1 N–H and O–H groups in total. The van der Waals surface area contributed by atoms with Crippen LogP contribution in [0.4, 0.5) is 0 Å². The number of aryl methyl sites for hydroxylation is 1. The van der Waals surface area contributed by atoms with Gasteiger partial charge in [0.2, 0.25) is 5.91 Å². The number of alkyl halides is 1. The van der Waals surface area contributed by atoms with Gasteiger partial charge >= 0.3 is 0 Å². The van der Waals surface area contributed by atoms with Gasteiger partial charge in [0.25, 0.3) is 0 Å². The van der Waals surface area contributed by atoms with E-state index in [1.54, 1.807) is 0 Å². The third-order valence-corrected chi connectivity index (χ3v) is 3.80. The molecular formula is C17H18BrNO. The van der Waals surface area contributed by atoms with Gasteiger partial charge in [0.05, 0.1) is 6.42 Å². The Hall–Kier alpha value is -1.61. The minimum absolute atomic E-state index is 0.0541. The van der Waals surface area contributed by atoms with E-state index >= 15 is 0 Å². The summed E-state index contributed by atoms with van der Waals surface area (Å²) in [7, 11) is 0. The van der Waals surface area contributed by atoms with Crippen molar-refractivity contribution in [3.05, 3.63) is 70.8 Å². The Morgan fingerprint density at radius 3 is 2.10 bits per heavy atom. The number of carbonyl (C=O) groups is 1. The van der Waals surface area contributed by atoms with Crippen LogP contribution in [0.2, 0.25) is 0 Å². The smallest absolute Gasteiger partial charge is 0.224 e. The Bertz CT molecular complexity index is 561. The number of rotatable bonds is 5. The molecule has 2 aromatic rings. The molecule has 0 aliphatic carbocycles. The van der Waals surface area contributed by atoms with Gasteiger partial charge in [-0.2, -0.15) is 0 Å². The largest absolute Gasteiger partial charge is 0.352 e. The number of halogens is 1. The van der Waals surface area contributed by atoms with Gasteiger partial charge in [-0.3, -0.25) is 4.79 Å². The quantitative estimate of drug-likeness (QED) is 0.830. The van der Waals surface area contributed by atoms with Crippen molar-refractivity contribution in [3.8, 4) is 0 Å². The predicted octanol–water partition coefficient (Wildman–Crippen LogP) is 3.75. The summed E-state index contributed by atoms with van der Waals surface area (Å²) in [5, 5.41) is 3.80. The Kier molecular flexibility index (Phi) is 5.36. The van der Waals surface area contributed by atoms with Crippen molar-refractivity contribution in [2.45, 2.75) is 25.2 Å². The molecule has 2 nitrogen and oxygen atoms in total. The number of carbonyl (C=O) groups excluding carboxylic acids is 1. The fourth-order valence-electron chi connectivity index (χ4n) is 1.90. The molecule has 2 rings (SSSR count). The van der Waals surface area contributed by atoms with E-state index in [0.29, 0.717) is 13.0 Å². The second-order valence-corrected chi connectivity index (χ2v) is 5.45. The van der Waals surface area contributed by atoms with Crippen molar-refractivity contribution < 1.29 is 4.79 Å². The number of benzene rings is 2. The average molecular weight is 332 g/mol. The molecule has 3 heteroatoms. The second kappa shape index (κ2) is 7.25. The molecule has 0 bridgehead atoms. The Labute approximate surface area is 128 Å². The number of hydrogen-bond acceptors (Lipinski definition) is 1. The number of nitrogens with one attached hydrogen (secondary N) is 1. The summed E-state index contributed by atoms with van der Waals surface area (Å²) in [5.41, 5.74) is 4.61. The van der Waals surface area contributed by atoms with E-state index in [4.69, 9.17) is 0 Å². The predicted molar refractivity (Wildman–Crippen MR) is 85.8 cm³/mol. The van der Waals surface area contributed by atoms with Gasteiger partial charge in [-0.1, -0.05) is 70.0 Å². The highest BCUT2D eigenvalue weighted by molar-refractivity contribution is 9.08. The summed E-state index contributed by atoms with van der Waals surface area (Å²) < 4.78 is 0. The fraction of sp³-hybridized carbons (Fsp3) is 0.235. The zero-order chi connectivity index (χ0) is 14.4. The maximum absolute atomic E-state index is 11.9. The lowest BCUT2D eigenvalue weighted by atomic mass is 10.1. The summed E-state index contributed by atoms with van der Waals surface area (Å²) in [4.78, 5) is 11.9. The van der Waals surface area contributed by atoms with E-state index < -0.39 is 0 Å². The van der Waals surface area contributed by atoms with Crippen molar-refractivity contribution in [2.24, 2.45) is 0 Å². The monoisotopic (exact) mass is 331 g/mol. The van der Waals surface area contributed by atoms with Gasteiger partial charge in [-0.05, 0) is 23.6 Å². The van der Waals surface area contributed by atoms with Crippen molar-refractivity contribution in [2.75, 3.05) is 0 Å². The van der Waals surface area contributed by atoms with Crippen LogP contribution in [-0.4, -0.2) is 5.91 Å². The highest BCUT2D eigenvalue weighted by Crippen LogP contribution is 2.08. The van der Waals surface area contributed by atoms with Crippen LogP contribution in [0.3, 0.4) is 0 Å². The molecule has 0 aromatic heterocycles. The third kappa shape index (κ3) is 4.49. The first kappa shape index (κ1) is 14.8. The van der Waals surface area contributed by atoms with Crippen molar-refractivity contribution in [1.82, 2.24) is 5.32 Å². The lowest BCUT2D eigenvalue weighted by Gasteiger charge is -2.06. The maximum Gasteiger partial charge on any atom is 0.224 e. The Morgan fingerprint density at radius 1 is 0.950 bits per heavy atom. The van der Waals surface area contributed by atoms with E-state index in [0.717, 1.165) is 16.5 Å². The van der Waals surface area contributed by atoms with Crippen LogP contribution in [0.5, 0.6) is 0 Å². The standard InChI is InChI=1S/C17H18BrNO/c1-13-2-4-14(5-3-13)10-17(20)19-12-16-8-6-15(11-18)7-9-16/h2-9H,10-12H2,1H3,(H,19,20). The molecule has 1 amide bonds. The highest BCUT2D eigenvalue weighted by atomic mass is 79.9. The van der Waals surface area contributed by atoms with Crippen LogP contribution in [0.15, 0.2) is 48.5 Å². The molecule has 104 valence electrons. The topological polar surface area (TPSA) is 29.1 Å². The minimum atomic E-state index is 0.0541. The Morgan fingerprint density at radius 2 is 1.50 bits per heavy atom. The first-order chi connectivity index (χ1) is 9.67. The van der Waals surface area contributed by atoms with Crippen LogP contribution in [-0.2, 0) is 23.1 Å². The average Bonchev–Trinajstić information content (AvgIpc) is 2.48. The highest BCUT2D eigenvalue weighted by Gasteiger charge is 2.03. The molecule has 0 saturated carbocycles. The van der Waals surface area contributed by atoms with Crippen LogP contribution < -0.4 is 5.32 Å². The summed E-state index contributed by atoms with van der Waals surface area (Å²) in [5.74, 6) is 0.0541. The fourth-order valence-corrected chi connectivity index (χ4v) is 2.27. The van der Waals surface area contributed by atoms with Crippen LogP contribution >= 0.6 is 15.9 Å². The lowest BCUT2D eigenvalue weighted by Crippen LogP contribution is -2.24. The van der Waals surface area contributed by atoms with Gasteiger partial charge in [-0.15, -0.1) is 0 Å². The normalized spacial score (nSPS) is 10.3. The van der Waals surface area contributed by atoms with E-state index in [1.807, 2.05) is 43.3 Å². The lowest BCUT2D eigenvalue weighted by molar-refractivity contribution is -0.120. The van der Waals surface area contributed by atoms with Gasteiger partial charge in [0.15, 0.2) is 0 Å². The molecule has 0 aliphatic heterocycles. The molecule has 0 unspecified atom stereocenters. The van der Waals surface area contributed by atoms with E-state index in [1.165, 1.54) is 11.1 Å². The first-order valence-electron chi connectivity index (χ1n) is 6.63. The molecule has 0 spiro atoms. The molecule has 0 saturated heterocycles. The van der Waals surface area contributed by atoms with Gasteiger partial charge < -0.3 is 5.32 Å². The summed E-state index contributed by atoms with van der Waals surface area (Å²) in [6.45, 7) is 2.62. The number of hydrogen-bond donors (Lipinski definition) is 1. The minimum Gasteiger partial charge on any atom is -0.352 e. The van der Waals surface area contributed by atoms with Crippen molar-refractivity contribution >= 4 is 21.8 Å². The summed E-state index contributed by atoms with van der Waals surface area (Å²) in [6.07, 6.45) is 0.430. The van der Waals surface area contributed by atoms with Crippen LogP contribution in [0, 0.1) is 6.92 Å². The maximum atomic E-state index is 11.9. The summed E-state index contributed by atoms with van der Waals surface area (Å²) >= 11 is 3.42. The first-order valence-corrected chi connectivity index (χ1v) is 7.75.